The van der Waals surface area contributed by atoms with E-state index in [1.54, 1.807) is 0 Å². The van der Waals surface area contributed by atoms with E-state index < -0.39 is 0 Å². The van der Waals surface area contributed by atoms with Crippen LogP contribution >= 0.6 is 0 Å². The van der Waals surface area contributed by atoms with Crippen LogP contribution in [0.1, 0.15) is 0 Å². The zero-order valence-corrected chi connectivity index (χ0v) is 11.1. The van der Waals surface area contributed by atoms with Gasteiger partial charge in [0.2, 0.25) is 0 Å². The van der Waals surface area contributed by atoms with E-state index in [4.69, 9.17) is 18.6 Å². The van der Waals surface area contributed by atoms with E-state index >= 15 is 0 Å². The van der Waals surface area contributed by atoms with Crippen LogP contribution in [0.25, 0.3) is 10.8 Å². The lowest BCUT2D eigenvalue weighted by molar-refractivity contribution is 0.365. The predicted octanol–water partition coefficient (Wildman–Crippen LogP) is 0.324. The molecular weight excluding hydrogens is 254 g/mol. The molecular formula is C14H14B2O4. The molecule has 0 amide bonds. The van der Waals surface area contributed by atoms with Gasteiger partial charge in [-0.3, -0.25) is 0 Å². The van der Waals surface area contributed by atoms with Crippen molar-refractivity contribution in [1.29, 1.82) is 0 Å². The van der Waals surface area contributed by atoms with Crippen molar-refractivity contribution in [3.63, 3.8) is 0 Å². The summed E-state index contributed by atoms with van der Waals surface area (Å²) >= 11 is 0. The Bertz CT molecular complexity index is 622. The number of benzene rings is 2. The predicted molar refractivity (Wildman–Crippen MR) is 78.5 cm³/mol. The summed E-state index contributed by atoms with van der Waals surface area (Å²) in [5.41, 5.74) is 2.04. The smallest absolute Gasteiger partial charge is 0.405 e. The molecule has 2 heterocycles. The van der Waals surface area contributed by atoms with Crippen molar-refractivity contribution in [2.24, 2.45) is 0 Å². The normalized spacial score (nSPS) is 19.2. The summed E-state index contributed by atoms with van der Waals surface area (Å²) in [5, 5.41) is 2.30. The summed E-state index contributed by atoms with van der Waals surface area (Å²) in [5.74, 6) is 0. The first-order chi connectivity index (χ1) is 9.93. The minimum absolute atomic E-state index is 0.317. The van der Waals surface area contributed by atoms with Crippen LogP contribution in [0.15, 0.2) is 36.4 Å². The minimum Gasteiger partial charge on any atom is -0.405 e. The Kier molecular flexibility index (Phi) is 3.24. The fourth-order valence-corrected chi connectivity index (χ4v) is 2.84. The van der Waals surface area contributed by atoms with Gasteiger partial charge in [0.15, 0.2) is 0 Å². The van der Waals surface area contributed by atoms with Crippen molar-refractivity contribution in [2.45, 2.75) is 0 Å². The second-order valence-electron chi connectivity index (χ2n) is 4.94. The quantitative estimate of drug-likeness (QED) is 0.735. The zero-order chi connectivity index (χ0) is 13.4. The lowest BCUT2D eigenvalue weighted by Crippen LogP contribution is -2.50. The molecule has 2 aliphatic heterocycles. The van der Waals surface area contributed by atoms with Crippen LogP contribution in [-0.4, -0.2) is 40.7 Å². The molecule has 0 unspecified atom stereocenters. The lowest BCUT2D eigenvalue weighted by Gasteiger charge is -2.16. The Labute approximate surface area is 118 Å². The van der Waals surface area contributed by atoms with Crippen LogP contribution < -0.4 is 10.9 Å². The fraction of sp³-hybridized carbons (Fsp3) is 0.286. The van der Waals surface area contributed by atoms with Crippen molar-refractivity contribution < 1.29 is 18.6 Å². The first-order valence-corrected chi connectivity index (χ1v) is 6.91. The van der Waals surface area contributed by atoms with Crippen molar-refractivity contribution in [1.82, 2.24) is 0 Å². The molecule has 0 aromatic heterocycles. The maximum Gasteiger partial charge on any atom is 0.494 e. The highest BCUT2D eigenvalue weighted by Crippen LogP contribution is 2.14. The lowest BCUT2D eigenvalue weighted by atomic mass is 9.63. The van der Waals surface area contributed by atoms with Crippen molar-refractivity contribution in [3.05, 3.63) is 36.4 Å². The Balaban J connectivity index is 1.90. The van der Waals surface area contributed by atoms with Crippen molar-refractivity contribution in [2.75, 3.05) is 26.4 Å². The second kappa shape index (κ2) is 5.22. The first kappa shape index (κ1) is 12.4. The summed E-state index contributed by atoms with van der Waals surface area (Å²) in [6.45, 7) is 2.51. The molecule has 0 radical (unpaired) electrons. The summed E-state index contributed by atoms with van der Waals surface area (Å²) in [6.07, 6.45) is 0. The van der Waals surface area contributed by atoms with Gasteiger partial charge >= 0.3 is 14.2 Å². The molecule has 0 saturated carbocycles. The minimum atomic E-state index is -0.330. The van der Waals surface area contributed by atoms with Crippen LogP contribution in [0.2, 0.25) is 0 Å². The van der Waals surface area contributed by atoms with Gasteiger partial charge in [-0.2, -0.15) is 0 Å². The highest BCUT2D eigenvalue weighted by Gasteiger charge is 2.37. The van der Waals surface area contributed by atoms with Gasteiger partial charge in [-0.05, 0) is 21.7 Å². The molecule has 2 saturated heterocycles. The third-order valence-corrected chi connectivity index (χ3v) is 3.74. The monoisotopic (exact) mass is 268 g/mol. The number of hydrogen-bond acceptors (Lipinski definition) is 4. The Morgan fingerprint density at radius 1 is 0.700 bits per heavy atom. The molecule has 0 N–H and O–H groups in total. The molecule has 2 aromatic rings. The largest absolute Gasteiger partial charge is 0.494 e. The number of rotatable bonds is 2. The van der Waals surface area contributed by atoms with E-state index in [0.29, 0.717) is 26.4 Å². The van der Waals surface area contributed by atoms with Gasteiger partial charge in [0, 0.05) is 0 Å². The molecule has 2 aliphatic rings. The molecule has 100 valence electrons. The van der Waals surface area contributed by atoms with E-state index in [0.717, 1.165) is 16.3 Å². The summed E-state index contributed by atoms with van der Waals surface area (Å²) < 4.78 is 22.7. The van der Waals surface area contributed by atoms with Crippen LogP contribution in [-0.2, 0) is 18.6 Å². The van der Waals surface area contributed by atoms with Gasteiger partial charge in [-0.25, -0.2) is 0 Å². The van der Waals surface area contributed by atoms with Gasteiger partial charge in [0.05, 0.1) is 26.4 Å². The van der Waals surface area contributed by atoms with Gasteiger partial charge in [0.1, 0.15) is 0 Å². The Hall–Kier alpha value is -1.33. The molecule has 0 aliphatic carbocycles. The van der Waals surface area contributed by atoms with Gasteiger partial charge in [0.25, 0.3) is 0 Å². The number of fused-ring (bicyclic) bond motifs is 1. The van der Waals surface area contributed by atoms with Crippen LogP contribution in [0, 0.1) is 0 Å². The van der Waals surface area contributed by atoms with Gasteiger partial charge in [-0.1, -0.05) is 36.4 Å². The van der Waals surface area contributed by atoms with E-state index in [1.807, 2.05) is 12.1 Å². The SMILES string of the molecule is c1ccc2c(B3OCCO3)c(B3OCCO3)ccc2c1. The number of hydrogen-bond donors (Lipinski definition) is 0. The summed E-state index contributed by atoms with van der Waals surface area (Å²) in [4.78, 5) is 0. The molecule has 20 heavy (non-hydrogen) atoms. The summed E-state index contributed by atoms with van der Waals surface area (Å²) in [6, 6.07) is 12.4. The average Bonchev–Trinajstić information content (AvgIpc) is 3.19. The molecule has 6 heteroatoms. The third-order valence-electron chi connectivity index (χ3n) is 3.74. The van der Waals surface area contributed by atoms with Gasteiger partial charge in [-0.15, -0.1) is 0 Å². The van der Waals surface area contributed by atoms with E-state index in [2.05, 4.69) is 24.3 Å². The molecule has 0 atom stereocenters. The van der Waals surface area contributed by atoms with Gasteiger partial charge < -0.3 is 18.6 Å². The maximum atomic E-state index is 5.71. The second-order valence-corrected chi connectivity index (χ2v) is 4.94. The van der Waals surface area contributed by atoms with E-state index in [9.17, 15) is 0 Å². The van der Waals surface area contributed by atoms with Crippen molar-refractivity contribution >= 4 is 35.9 Å². The first-order valence-electron chi connectivity index (χ1n) is 6.91. The highest BCUT2D eigenvalue weighted by molar-refractivity contribution is 6.76. The molecule has 4 rings (SSSR count). The average molecular weight is 268 g/mol. The standard InChI is InChI=1S/C14H14B2O4/c1-2-4-12-11(3-1)5-6-13(15-17-7-8-18-15)14(12)16-19-9-10-20-16/h1-6H,7-10H2. The molecule has 2 fully saturated rings. The molecule has 4 nitrogen and oxygen atoms in total. The molecule has 0 bridgehead atoms. The maximum absolute atomic E-state index is 5.71. The Morgan fingerprint density at radius 3 is 2.10 bits per heavy atom. The fourth-order valence-electron chi connectivity index (χ4n) is 2.84. The molecule has 0 spiro atoms. The highest BCUT2D eigenvalue weighted by atomic mass is 16.6. The van der Waals surface area contributed by atoms with Crippen LogP contribution in [0.5, 0.6) is 0 Å². The molecule has 2 aromatic carbocycles. The van der Waals surface area contributed by atoms with E-state index in [1.165, 1.54) is 5.39 Å². The third kappa shape index (κ3) is 2.05. The zero-order valence-electron chi connectivity index (χ0n) is 11.1. The summed E-state index contributed by atoms with van der Waals surface area (Å²) in [7, 11) is -0.647. The van der Waals surface area contributed by atoms with Crippen molar-refractivity contribution in [3.8, 4) is 0 Å². The van der Waals surface area contributed by atoms with Crippen LogP contribution in [0.3, 0.4) is 0 Å². The van der Waals surface area contributed by atoms with E-state index in [-0.39, 0.29) is 14.2 Å². The topological polar surface area (TPSA) is 36.9 Å². The van der Waals surface area contributed by atoms with Crippen LogP contribution in [0.4, 0.5) is 0 Å². The Morgan fingerprint density at radius 2 is 1.35 bits per heavy atom.